The molecule has 0 fully saturated rings. The van der Waals surface area contributed by atoms with Crippen molar-refractivity contribution in [3.05, 3.63) is 30.1 Å². The Morgan fingerprint density at radius 2 is 2.31 bits per heavy atom. The van der Waals surface area contributed by atoms with Gasteiger partial charge in [0.1, 0.15) is 5.82 Å². The highest BCUT2D eigenvalue weighted by Gasteiger charge is 2.03. The van der Waals surface area contributed by atoms with Gasteiger partial charge in [-0.25, -0.2) is 9.18 Å². The summed E-state index contributed by atoms with van der Waals surface area (Å²) in [6.45, 7) is 0. The van der Waals surface area contributed by atoms with E-state index in [9.17, 15) is 9.18 Å². The first-order valence-corrected chi connectivity index (χ1v) is 3.75. The van der Waals surface area contributed by atoms with Gasteiger partial charge in [0.25, 0.3) is 0 Å². The molecule has 3 nitrogen and oxygen atoms in total. The summed E-state index contributed by atoms with van der Waals surface area (Å²) in [7, 11) is 3.22. The van der Waals surface area contributed by atoms with E-state index < -0.39 is 5.82 Å². The van der Waals surface area contributed by atoms with E-state index in [1.54, 1.807) is 20.2 Å². The number of rotatable bonds is 1. The van der Waals surface area contributed by atoms with Crippen molar-refractivity contribution in [1.82, 2.24) is 4.90 Å². The first kappa shape index (κ1) is 9.51. The van der Waals surface area contributed by atoms with E-state index >= 15 is 0 Å². The van der Waals surface area contributed by atoms with Gasteiger partial charge in [-0.15, -0.1) is 0 Å². The van der Waals surface area contributed by atoms with Crippen molar-refractivity contribution in [1.29, 1.82) is 0 Å². The highest BCUT2D eigenvalue weighted by Crippen LogP contribution is 2.08. The van der Waals surface area contributed by atoms with Crippen LogP contribution in [0.25, 0.3) is 0 Å². The Kier molecular flexibility index (Phi) is 2.84. The number of hydrogen-bond acceptors (Lipinski definition) is 1. The monoisotopic (exact) mass is 181 g/mol. The van der Waals surface area contributed by atoms with Gasteiger partial charge in [-0.2, -0.15) is 0 Å². The van der Waals surface area contributed by atoms with Gasteiger partial charge in [-0.1, -0.05) is 0 Å². The minimum Gasteiger partial charge on any atom is -0.331 e. The third-order valence-electron chi connectivity index (χ3n) is 1.42. The van der Waals surface area contributed by atoms with Crippen LogP contribution in [0.4, 0.5) is 14.9 Å². The van der Waals surface area contributed by atoms with E-state index in [4.69, 9.17) is 0 Å². The zero-order chi connectivity index (χ0) is 9.84. The molecule has 0 heterocycles. The van der Waals surface area contributed by atoms with E-state index in [-0.39, 0.29) is 6.03 Å². The maximum Gasteiger partial charge on any atom is 0.321 e. The summed E-state index contributed by atoms with van der Waals surface area (Å²) in [5.41, 5.74) is 0.426. The Bertz CT molecular complexity index is 312. The molecule has 1 rings (SSSR count). The number of halogens is 1. The van der Waals surface area contributed by atoms with Crippen LogP contribution in [0.15, 0.2) is 18.2 Å². The molecule has 1 N–H and O–H groups in total. The van der Waals surface area contributed by atoms with Crippen molar-refractivity contribution in [2.75, 3.05) is 19.4 Å². The highest BCUT2D eigenvalue weighted by atomic mass is 19.1. The number of benzene rings is 1. The molecule has 4 heteroatoms. The van der Waals surface area contributed by atoms with Crippen molar-refractivity contribution in [2.24, 2.45) is 0 Å². The van der Waals surface area contributed by atoms with Crippen LogP contribution in [0.5, 0.6) is 0 Å². The van der Waals surface area contributed by atoms with Gasteiger partial charge in [0.2, 0.25) is 0 Å². The second kappa shape index (κ2) is 3.89. The first-order valence-electron chi connectivity index (χ1n) is 3.75. The zero-order valence-corrected chi connectivity index (χ0v) is 7.47. The fraction of sp³-hybridized carbons (Fsp3) is 0.222. The third kappa shape index (κ3) is 2.74. The molecule has 69 valence electrons. The SMILES string of the molecule is CN(C)C(=O)Nc1cc[c]c(F)c1. The number of anilines is 1. The lowest BCUT2D eigenvalue weighted by molar-refractivity contribution is 0.230. The summed E-state index contributed by atoms with van der Waals surface area (Å²) in [6, 6.07) is 6.26. The number of carbonyl (C=O) groups is 1. The topological polar surface area (TPSA) is 32.3 Å². The summed E-state index contributed by atoms with van der Waals surface area (Å²) >= 11 is 0. The van der Waals surface area contributed by atoms with Crippen LogP contribution >= 0.6 is 0 Å². The number of nitrogens with one attached hydrogen (secondary N) is 1. The van der Waals surface area contributed by atoms with Gasteiger partial charge < -0.3 is 10.2 Å². The van der Waals surface area contributed by atoms with E-state index in [1.165, 1.54) is 17.0 Å². The number of nitrogens with zero attached hydrogens (tertiary/aromatic N) is 1. The molecule has 13 heavy (non-hydrogen) atoms. The number of amides is 2. The van der Waals surface area contributed by atoms with Crippen LogP contribution in [-0.4, -0.2) is 25.0 Å². The maximum absolute atomic E-state index is 12.6. The quantitative estimate of drug-likeness (QED) is 0.702. The van der Waals surface area contributed by atoms with Gasteiger partial charge >= 0.3 is 6.03 Å². The van der Waals surface area contributed by atoms with Crippen molar-refractivity contribution in [2.45, 2.75) is 0 Å². The standard InChI is InChI=1S/C9H10FN2O/c1-12(2)9(13)11-8-5-3-4-7(10)6-8/h3,5-6H,1-2H3,(H,11,13). The van der Waals surface area contributed by atoms with Crippen LogP contribution in [0.2, 0.25) is 0 Å². The predicted octanol–water partition coefficient (Wildman–Crippen LogP) is 1.72. The molecule has 0 unspecified atom stereocenters. The summed E-state index contributed by atoms with van der Waals surface area (Å²) in [4.78, 5) is 12.5. The Labute approximate surface area is 76.2 Å². The van der Waals surface area contributed by atoms with Gasteiger partial charge in [0.05, 0.1) is 0 Å². The van der Waals surface area contributed by atoms with Crippen molar-refractivity contribution in [3.8, 4) is 0 Å². The van der Waals surface area contributed by atoms with Gasteiger partial charge in [-0.05, 0) is 18.2 Å². The molecule has 0 bridgehead atoms. The average molecular weight is 181 g/mol. The lowest BCUT2D eigenvalue weighted by atomic mass is 10.3. The van der Waals surface area contributed by atoms with Crippen LogP contribution in [0.1, 0.15) is 0 Å². The molecule has 1 aromatic carbocycles. The predicted molar refractivity (Wildman–Crippen MR) is 47.9 cm³/mol. The summed E-state index contributed by atoms with van der Waals surface area (Å²) in [6.07, 6.45) is 0. The Hall–Kier alpha value is -1.58. The fourth-order valence-corrected chi connectivity index (χ4v) is 0.750. The third-order valence-corrected chi connectivity index (χ3v) is 1.42. The molecule has 1 aromatic rings. The van der Waals surface area contributed by atoms with Crippen molar-refractivity contribution >= 4 is 11.7 Å². The van der Waals surface area contributed by atoms with Crippen LogP contribution in [0, 0.1) is 11.9 Å². The highest BCUT2D eigenvalue weighted by molar-refractivity contribution is 5.88. The zero-order valence-electron chi connectivity index (χ0n) is 7.47. The molecule has 1 radical (unpaired) electrons. The smallest absolute Gasteiger partial charge is 0.321 e. The number of carbonyl (C=O) groups excluding carboxylic acids is 1. The fourth-order valence-electron chi connectivity index (χ4n) is 0.750. The normalized spacial score (nSPS) is 9.46. The molecule has 2 amide bonds. The first-order chi connectivity index (χ1) is 6.09. The number of urea groups is 1. The van der Waals surface area contributed by atoms with Gasteiger partial charge in [0.15, 0.2) is 0 Å². The van der Waals surface area contributed by atoms with E-state index in [0.29, 0.717) is 5.69 Å². The molecular weight excluding hydrogens is 171 g/mol. The molecule has 0 saturated heterocycles. The minimum atomic E-state index is -0.489. The summed E-state index contributed by atoms with van der Waals surface area (Å²) in [5.74, 6) is -0.489. The van der Waals surface area contributed by atoms with Gasteiger partial charge in [-0.3, -0.25) is 0 Å². The minimum absolute atomic E-state index is 0.286. The summed E-state index contributed by atoms with van der Waals surface area (Å²) in [5, 5.41) is 2.51. The molecule has 0 aliphatic rings. The van der Waals surface area contributed by atoms with E-state index in [2.05, 4.69) is 11.4 Å². The largest absolute Gasteiger partial charge is 0.331 e. The van der Waals surface area contributed by atoms with Crippen molar-refractivity contribution < 1.29 is 9.18 Å². The van der Waals surface area contributed by atoms with Crippen LogP contribution in [0.3, 0.4) is 0 Å². The maximum atomic E-state index is 12.6. The molecule has 0 aliphatic heterocycles. The average Bonchev–Trinajstić information content (AvgIpc) is 2.04. The molecular formula is C9H10FN2O. The molecule has 0 saturated carbocycles. The second-order valence-electron chi connectivity index (χ2n) is 2.75. The van der Waals surface area contributed by atoms with Crippen molar-refractivity contribution in [3.63, 3.8) is 0 Å². The molecule has 0 spiro atoms. The van der Waals surface area contributed by atoms with Crippen LogP contribution in [-0.2, 0) is 0 Å². The lowest BCUT2D eigenvalue weighted by Gasteiger charge is -2.11. The lowest BCUT2D eigenvalue weighted by Crippen LogP contribution is -2.27. The van der Waals surface area contributed by atoms with Gasteiger partial charge in [0, 0.05) is 25.8 Å². The van der Waals surface area contributed by atoms with E-state index in [0.717, 1.165) is 0 Å². The number of hydrogen-bond donors (Lipinski definition) is 1. The Balaban J connectivity index is 2.69. The van der Waals surface area contributed by atoms with Crippen LogP contribution < -0.4 is 5.32 Å². The summed E-state index contributed by atoms with van der Waals surface area (Å²) < 4.78 is 12.6. The second-order valence-corrected chi connectivity index (χ2v) is 2.75. The Morgan fingerprint density at radius 1 is 1.62 bits per heavy atom. The Morgan fingerprint density at radius 3 is 2.85 bits per heavy atom. The van der Waals surface area contributed by atoms with E-state index in [1.807, 2.05) is 0 Å². The molecule has 0 aromatic heterocycles. The molecule has 0 aliphatic carbocycles. The molecule has 0 atom stereocenters.